The standard InChI is InChI=1S/C16H18F2N2/c1-10-5-3-6-11(2)16(10)15(20-19)9-12-13(17)7-4-8-14(12)18/h3-8,15,20H,9,19H2,1-2H3. The molecule has 0 radical (unpaired) electrons. The monoisotopic (exact) mass is 276 g/mol. The number of hydrogen-bond donors (Lipinski definition) is 2. The van der Waals surface area contributed by atoms with Crippen LogP contribution in [-0.2, 0) is 6.42 Å². The Kier molecular flexibility index (Phi) is 4.47. The molecule has 4 heteroatoms. The van der Waals surface area contributed by atoms with Crippen molar-refractivity contribution in [3.63, 3.8) is 0 Å². The van der Waals surface area contributed by atoms with Crippen molar-refractivity contribution in [2.24, 2.45) is 5.84 Å². The molecule has 3 N–H and O–H groups in total. The molecule has 0 saturated carbocycles. The van der Waals surface area contributed by atoms with Crippen LogP contribution >= 0.6 is 0 Å². The Balaban J connectivity index is 2.39. The molecule has 1 unspecified atom stereocenters. The summed E-state index contributed by atoms with van der Waals surface area (Å²) in [4.78, 5) is 0. The first-order chi connectivity index (χ1) is 9.54. The van der Waals surface area contributed by atoms with Crippen molar-refractivity contribution >= 4 is 0 Å². The first kappa shape index (κ1) is 14.6. The average Bonchev–Trinajstić information content (AvgIpc) is 2.40. The Morgan fingerprint density at radius 1 is 1.00 bits per heavy atom. The zero-order valence-electron chi connectivity index (χ0n) is 11.6. The maximum atomic E-state index is 13.8. The molecule has 2 aromatic carbocycles. The summed E-state index contributed by atoms with van der Waals surface area (Å²) in [6, 6.07) is 9.42. The van der Waals surface area contributed by atoms with Crippen LogP contribution in [0.15, 0.2) is 36.4 Å². The summed E-state index contributed by atoms with van der Waals surface area (Å²) in [5.74, 6) is 4.51. The molecule has 0 saturated heterocycles. The molecule has 0 aromatic heterocycles. The van der Waals surface area contributed by atoms with Gasteiger partial charge in [0.25, 0.3) is 0 Å². The van der Waals surface area contributed by atoms with Gasteiger partial charge in [0.15, 0.2) is 0 Å². The fourth-order valence-electron chi connectivity index (χ4n) is 2.55. The van der Waals surface area contributed by atoms with Crippen molar-refractivity contribution < 1.29 is 8.78 Å². The lowest BCUT2D eigenvalue weighted by Gasteiger charge is -2.21. The molecular weight excluding hydrogens is 258 g/mol. The van der Waals surface area contributed by atoms with Crippen LogP contribution in [0.4, 0.5) is 8.78 Å². The third-order valence-corrected chi connectivity index (χ3v) is 3.56. The molecule has 0 heterocycles. The van der Waals surface area contributed by atoms with Gasteiger partial charge in [0.2, 0.25) is 0 Å². The van der Waals surface area contributed by atoms with Gasteiger partial charge < -0.3 is 0 Å². The molecule has 2 aromatic rings. The van der Waals surface area contributed by atoms with Gasteiger partial charge in [-0.2, -0.15) is 0 Å². The highest BCUT2D eigenvalue weighted by Gasteiger charge is 2.19. The summed E-state index contributed by atoms with van der Waals surface area (Å²) < 4.78 is 27.5. The van der Waals surface area contributed by atoms with Gasteiger partial charge in [-0.1, -0.05) is 24.3 Å². The minimum Gasteiger partial charge on any atom is -0.271 e. The van der Waals surface area contributed by atoms with Crippen molar-refractivity contribution in [2.45, 2.75) is 26.3 Å². The van der Waals surface area contributed by atoms with Gasteiger partial charge in [0.1, 0.15) is 11.6 Å². The third kappa shape index (κ3) is 2.86. The first-order valence-corrected chi connectivity index (χ1v) is 6.49. The largest absolute Gasteiger partial charge is 0.271 e. The minimum absolute atomic E-state index is 0.0538. The number of nitrogens with two attached hydrogens (primary N) is 1. The molecule has 0 amide bonds. The third-order valence-electron chi connectivity index (χ3n) is 3.56. The van der Waals surface area contributed by atoms with E-state index in [9.17, 15) is 8.78 Å². The fourth-order valence-corrected chi connectivity index (χ4v) is 2.55. The Morgan fingerprint density at radius 2 is 1.50 bits per heavy atom. The van der Waals surface area contributed by atoms with E-state index in [0.29, 0.717) is 0 Å². The van der Waals surface area contributed by atoms with Crippen LogP contribution in [0.1, 0.15) is 28.3 Å². The van der Waals surface area contributed by atoms with E-state index in [0.717, 1.165) is 16.7 Å². The van der Waals surface area contributed by atoms with Crippen LogP contribution < -0.4 is 11.3 Å². The predicted octanol–water partition coefficient (Wildman–Crippen LogP) is 3.33. The van der Waals surface area contributed by atoms with Crippen LogP contribution in [0.2, 0.25) is 0 Å². The van der Waals surface area contributed by atoms with E-state index in [1.54, 1.807) is 0 Å². The lowest BCUT2D eigenvalue weighted by molar-refractivity contribution is 0.497. The van der Waals surface area contributed by atoms with Gasteiger partial charge in [0, 0.05) is 5.56 Å². The maximum absolute atomic E-state index is 13.8. The van der Waals surface area contributed by atoms with E-state index in [1.807, 2.05) is 32.0 Å². The molecule has 20 heavy (non-hydrogen) atoms. The first-order valence-electron chi connectivity index (χ1n) is 6.49. The van der Waals surface area contributed by atoms with E-state index < -0.39 is 11.6 Å². The molecule has 2 rings (SSSR count). The Morgan fingerprint density at radius 3 is 2.00 bits per heavy atom. The molecule has 106 valence electrons. The summed E-state index contributed by atoms with van der Waals surface area (Å²) in [6.45, 7) is 3.93. The predicted molar refractivity (Wildman–Crippen MR) is 76.0 cm³/mol. The number of benzene rings is 2. The van der Waals surface area contributed by atoms with Crippen LogP contribution in [0.25, 0.3) is 0 Å². The second-order valence-electron chi connectivity index (χ2n) is 4.93. The lowest BCUT2D eigenvalue weighted by Crippen LogP contribution is -2.31. The number of hydrazine groups is 1. The summed E-state index contributed by atoms with van der Waals surface area (Å²) in [5, 5.41) is 0. The molecule has 0 aliphatic carbocycles. The molecule has 1 atom stereocenters. The molecule has 0 bridgehead atoms. The summed E-state index contributed by atoms with van der Waals surface area (Å²) in [7, 11) is 0. The van der Waals surface area contributed by atoms with E-state index in [2.05, 4.69) is 5.43 Å². The molecule has 0 aliphatic rings. The van der Waals surface area contributed by atoms with Crippen molar-refractivity contribution in [2.75, 3.05) is 0 Å². The van der Waals surface area contributed by atoms with Gasteiger partial charge in [-0.15, -0.1) is 0 Å². The van der Waals surface area contributed by atoms with Crippen LogP contribution in [-0.4, -0.2) is 0 Å². The summed E-state index contributed by atoms with van der Waals surface area (Å²) in [6.07, 6.45) is 0.167. The number of rotatable bonds is 4. The van der Waals surface area contributed by atoms with E-state index in [4.69, 9.17) is 5.84 Å². The Labute approximate surface area is 117 Å². The lowest BCUT2D eigenvalue weighted by atomic mass is 9.92. The highest BCUT2D eigenvalue weighted by Crippen LogP contribution is 2.26. The van der Waals surface area contributed by atoms with Crippen molar-refractivity contribution in [3.8, 4) is 0 Å². The quantitative estimate of drug-likeness (QED) is 0.664. The topological polar surface area (TPSA) is 38.0 Å². The zero-order chi connectivity index (χ0) is 14.7. The highest BCUT2D eigenvalue weighted by molar-refractivity contribution is 5.37. The summed E-state index contributed by atoms with van der Waals surface area (Å²) in [5.41, 5.74) is 5.80. The fraction of sp³-hybridized carbons (Fsp3) is 0.250. The number of aryl methyl sites for hydroxylation is 2. The second kappa shape index (κ2) is 6.11. The second-order valence-corrected chi connectivity index (χ2v) is 4.93. The Hall–Kier alpha value is -1.78. The van der Waals surface area contributed by atoms with Gasteiger partial charge in [-0.05, 0) is 49.1 Å². The maximum Gasteiger partial charge on any atom is 0.129 e. The van der Waals surface area contributed by atoms with Crippen LogP contribution in [0, 0.1) is 25.5 Å². The molecular formula is C16H18F2N2. The zero-order valence-corrected chi connectivity index (χ0v) is 11.6. The van der Waals surface area contributed by atoms with Gasteiger partial charge in [-0.3, -0.25) is 11.3 Å². The summed E-state index contributed by atoms with van der Waals surface area (Å²) >= 11 is 0. The van der Waals surface area contributed by atoms with Gasteiger partial charge >= 0.3 is 0 Å². The number of nitrogens with one attached hydrogen (secondary N) is 1. The average molecular weight is 276 g/mol. The Bertz CT molecular complexity index is 571. The molecule has 0 fully saturated rings. The van der Waals surface area contributed by atoms with E-state index >= 15 is 0 Å². The smallest absolute Gasteiger partial charge is 0.129 e. The van der Waals surface area contributed by atoms with Crippen LogP contribution in [0.3, 0.4) is 0 Å². The van der Waals surface area contributed by atoms with Crippen LogP contribution in [0.5, 0.6) is 0 Å². The number of halogens is 2. The van der Waals surface area contributed by atoms with Gasteiger partial charge in [0.05, 0.1) is 6.04 Å². The van der Waals surface area contributed by atoms with E-state index in [-0.39, 0.29) is 18.0 Å². The van der Waals surface area contributed by atoms with Crippen molar-refractivity contribution in [1.29, 1.82) is 0 Å². The van der Waals surface area contributed by atoms with Crippen molar-refractivity contribution in [1.82, 2.24) is 5.43 Å². The highest BCUT2D eigenvalue weighted by atomic mass is 19.1. The molecule has 0 spiro atoms. The molecule has 2 nitrogen and oxygen atoms in total. The van der Waals surface area contributed by atoms with Gasteiger partial charge in [-0.25, -0.2) is 8.78 Å². The van der Waals surface area contributed by atoms with E-state index in [1.165, 1.54) is 18.2 Å². The SMILES string of the molecule is Cc1cccc(C)c1C(Cc1c(F)cccc1F)NN. The molecule has 0 aliphatic heterocycles. The number of hydrogen-bond acceptors (Lipinski definition) is 2. The van der Waals surface area contributed by atoms with Crippen molar-refractivity contribution in [3.05, 3.63) is 70.3 Å². The minimum atomic E-state index is -0.545. The normalized spacial score (nSPS) is 12.4.